The van der Waals surface area contributed by atoms with Crippen molar-refractivity contribution in [3.05, 3.63) is 65.2 Å². The highest BCUT2D eigenvalue weighted by Gasteiger charge is 2.36. The number of aryl methyl sites for hydroxylation is 2. The van der Waals surface area contributed by atoms with E-state index in [0.717, 1.165) is 16.0 Å². The zero-order valence-electron chi connectivity index (χ0n) is 20.7. The highest BCUT2D eigenvalue weighted by molar-refractivity contribution is 7.80. The average molecular weight is 497 g/mol. The van der Waals surface area contributed by atoms with Crippen LogP contribution in [-0.4, -0.2) is 46.7 Å². The van der Waals surface area contributed by atoms with Crippen LogP contribution >= 0.6 is 12.6 Å². The first kappa shape index (κ1) is 27.7. The molecule has 2 rings (SSSR count). The summed E-state index contributed by atoms with van der Waals surface area (Å²) in [5, 5.41) is 14.9. The van der Waals surface area contributed by atoms with Gasteiger partial charge in [0.1, 0.15) is 24.2 Å². The van der Waals surface area contributed by atoms with Crippen LogP contribution in [0.5, 0.6) is 0 Å². The van der Waals surface area contributed by atoms with Crippen molar-refractivity contribution in [2.45, 2.75) is 52.3 Å². The Morgan fingerprint density at radius 3 is 2.26 bits per heavy atom. The number of thiol groups is 1. The smallest absolute Gasteiger partial charge is 0.408 e. The summed E-state index contributed by atoms with van der Waals surface area (Å²) in [5.74, 6) is -1.17. The highest BCUT2D eigenvalue weighted by Crippen LogP contribution is 2.25. The van der Waals surface area contributed by atoms with E-state index in [2.05, 4.69) is 23.3 Å². The molecule has 0 saturated heterocycles. The minimum absolute atomic E-state index is 0.0555. The number of anilines is 1. The number of alkyl carbamates (subject to hydrolysis) is 1. The van der Waals surface area contributed by atoms with E-state index in [1.807, 2.05) is 44.2 Å². The maximum absolute atomic E-state index is 13.5. The Bertz CT molecular complexity index is 1090. The van der Waals surface area contributed by atoms with Crippen LogP contribution in [0, 0.1) is 25.2 Å². The molecule has 0 aliphatic heterocycles. The van der Waals surface area contributed by atoms with E-state index in [9.17, 15) is 19.6 Å². The molecule has 0 bridgehead atoms. The fourth-order valence-corrected chi connectivity index (χ4v) is 3.59. The molecule has 186 valence electrons. The molecule has 2 aromatic rings. The molecule has 35 heavy (non-hydrogen) atoms. The first-order valence-corrected chi connectivity index (χ1v) is 11.8. The molecule has 8 nitrogen and oxygen atoms in total. The van der Waals surface area contributed by atoms with Crippen molar-refractivity contribution in [2.24, 2.45) is 0 Å². The van der Waals surface area contributed by atoms with Gasteiger partial charge >= 0.3 is 6.09 Å². The number of nitrogens with one attached hydrogen (secondary N) is 2. The number of carbonyl (C=O) groups excluding carboxylic acids is 3. The second-order valence-corrected chi connectivity index (χ2v) is 9.49. The molecule has 2 N–H and O–H groups in total. The lowest BCUT2D eigenvalue weighted by Gasteiger charge is -2.32. The Morgan fingerprint density at radius 2 is 1.71 bits per heavy atom. The molecular weight excluding hydrogens is 464 g/mol. The van der Waals surface area contributed by atoms with Crippen molar-refractivity contribution < 1.29 is 19.1 Å². The van der Waals surface area contributed by atoms with Crippen molar-refractivity contribution in [3.8, 4) is 6.07 Å². The summed E-state index contributed by atoms with van der Waals surface area (Å²) >= 11 is 4.22. The zero-order valence-corrected chi connectivity index (χ0v) is 21.6. The first-order chi connectivity index (χ1) is 16.5. The van der Waals surface area contributed by atoms with Crippen molar-refractivity contribution in [1.82, 2.24) is 10.2 Å². The highest BCUT2D eigenvalue weighted by atomic mass is 32.1. The summed E-state index contributed by atoms with van der Waals surface area (Å²) in [6.07, 6.45) is -0.793. The molecule has 0 aliphatic rings. The standard InChI is InChI=1S/C26H32N4O4S/c1-17-10-12-19(13-11-17)22(23(31)28-20-9-7-6-8-18(20)2)30(15-14-27)24(32)21(16-35)29-25(33)34-26(3,4)5/h6-13,21-22,35H,15-16H2,1-5H3,(H,28,31)(H,29,33). The summed E-state index contributed by atoms with van der Waals surface area (Å²) in [4.78, 5) is 40.6. The molecule has 0 aromatic heterocycles. The third-order valence-corrected chi connectivity index (χ3v) is 5.42. The summed E-state index contributed by atoms with van der Waals surface area (Å²) in [6, 6.07) is 14.1. The number of hydrogen-bond acceptors (Lipinski definition) is 6. The van der Waals surface area contributed by atoms with Gasteiger partial charge in [0.15, 0.2) is 0 Å². The van der Waals surface area contributed by atoms with Gasteiger partial charge in [-0.2, -0.15) is 17.9 Å². The van der Waals surface area contributed by atoms with Crippen LogP contribution in [0.2, 0.25) is 0 Å². The van der Waals surface area contributed by atoms with E-state index >= 15 is 0 Å². The molecule has 0 radical (unpaired) electrons. The second kappa shape index (κ2) is 12.3. The molecular formula is C26H32N4O4S. The van der Waals surface area contributed by atoms with Crippen LogP contribution in [-0.2, 0) is 14.3 Å². The van der Waals surface area contributed by atoms with Gasteiger partial charge in [0.25, 0.3) is 5.91 Å². The molecule has 2 atom stereocenters. The van der Waals surface area contributed by atoms with E-state index in [1.165, 1.54) is 0 Å². The summed E-state index contributed by atoms with van der Waals surface area (Å²) in [6.45, 7) is 8.50. The van der Waals surface area contributed by atoms with Gasteiger partial charge in [0.2, 0.25) is 5.91 Å². The van der Waals surface area contributed by atoms with Gasteiger partial charge in [-0.25, -0.2) is 4.79 Å². The number of benzene rings is 2. The Hall–Kier alpha value is -3.51. The van der Waals surface area contributed by atoms with Gasteiger partial charge in [-0.3, -0.25) is 9.59 Å². The van der Waals surface area contributed by atoms with Crippen molar-refractivity contribution in [3.63, 3.8) is 0 Å². The number of hydrogen-bond donors (Lipinski definition) is 3. The number of nitriles is 1. The Morgan fingerprint density at radius 1 is 1.09 bits per heavy atom. The number of para-hydroxylation sites is 1. The summed E-state index contributed by atoms with van der Waals surface area (Å²) in [5.41, 5.74) is 2.18. The lowest BCUT2D eigenvalue weighted by Crippen LogP contribution is -2.53. The van der Waals surface area contributed by atoms with Gasteiger partial charge in [0.05, 0.1) is 6.07 Å². The lowest BCUT2D eigenvalue weighted by atomic mass is 10.0. The zero-order chi connectivity index (χ0) is 26.2. The maximum atomic E-state index is 13.5. The first-order valence-electron chi connectivity index (χ1n) is 11.2. The van der Waals surface area contributed by atoms with Crippen molar-refractivity contribution in [2.75, 3.05) is 17.6 Å². The number of amides is 3. The molecule has 2 unspecified atom stereocenters. The Labute approximate surface area is 212 Å². The lowest BCUT2D eigenvalue weighted by molar-refractivity contribution is -0.139. The third kappa shape index (κ3) is 8.04. The molecule has 9 heteroatoms. The molecule has 0 heterocycles. The van der Waals surface area contributed by atoms with Gasteiger partial charge in [-0.15, -0.1) is 0 Å². The van der Waals surface area contributed by atoms with Crippen molar-refractivity contribution in [1.29, 1.82) is 5.26 Å². The molecule has 2 aromatic carbocycles. The van der Waals surface area contributed by atoms with E-state index in [1.54, 1.807) is 45.0 Å². The fourth-order valence-electron chi connectivity index (χ4n) is 3.34. The van der Waals surface area contributed by atoms with Gasteiger partial charge in [-0.05, 0) is 51.8 Å². The van der Waals surface area contributed by atoms with Crippen molar-refractivity contribution >= 4 is 36.2 Å². The quantitative estimate of drug-likeness (QED) is 0.375. The van der Waals surface area contributed by atoms with Gasteiger partial charge in [-0.1, -0.05) is 48.0 Å². The number of carbonyl (C=O) groups is 3. The van der Waals surface area contributed by atoms with E-state index in [-0.39, 0.29) is 12.3 Å². The normalized spacial score (nSPS) is 12.6. The molecule has 0 spiro atoms. The minimum atomic E-state index is -1.12. The number of rotatable bonds is 8. The fraction of sp³-hybridized carbons (Fsp3) is 0.385. The SMILES string of the molecule is Cc1ccc(C(C(=O)Nc2ccccc2C)N(CC#N)C(=O)C(CS)NC(=O)OC(C)(C)C)cc1. The number of nitrogens with zero attached hydrogens (tertiary/aromatic N) is 2. The third-order valence-electron chi connectivity index (χ3n) is 5.05. The molecule has 0 saturated carbocycles. The molecule has 0 aliphatic carbocycles. The summed E-state index contributed by atoms with van der Waals surface area (Å²) < 4.78 is 5.26. The maximum Gasteiger partial charge on any atom is 0.408 e. The topological polar surface area (TPSA) is 112 Å². The molecule has 0 fully saturated rings. The van der Waals surface area contributed by atoms with Crippen LogP contribution in [0.25, 0.3) is 0 Å². The van der Waals surface area contributed by atoms with Crippen LogP contribution < -0.4 is 10.6 Å². The predicted octanol–water partition coefficient (Wildman–Crippen LogP) is 4.16. The predicted molar refractivity (Wildman–Crippen MR) is 138 cm³/mol. The molecule has 3 amide bonds. The average Bonchev–Trinajstić information content (AvgIpc) is 2.78. The van der Waals surface area contributed by atoms with E-state index < -0.39 is 35.6 Å². The van der Waals surface area contributed by atoms with Gasteiger partial charge in [0, 0.05) is 11.4 Å². The largest absolute Gasteiger partial charge is 0.444 e. The Balaban J connectivity index is 2.44. The van der Waals surface area contributed by atoms with Crippen LogP contribution in [0.3, 0.4) is 0 Å². The van der Waals surface area contributed by atoms with Crippen LogP contribution in [0.1, 0.15) is 43.5 Å². The summed E-state index contributed by atoms with van der Waals surface area (Å²) in [7, 11) is 0. The van der Waals surface area contributed by atoms with Gasteiger partial charge < -0.3 is 20.3 Å². The Kier molecular flexibility index (Phi) is 9.72. The van der Waals surface area contributed by atoms with E-state index in [4.69, 9.17) is 4.74 Å². The second-order valence-electron chi connectivity index (χ2n) is 9.12. The number of ether oxygens (including phenoxy) is 1. The van der Waals surface area contributed by atoms with E-state index in [0.29, 0.717) is 11.3 Å². The van der Waals surface area contributed by atoms with Crippen LogP contribution in [0.15, 0.2) is 48.5 Å². The monoisotopic (exact) mass is 496 g/mol. The van der Waals surface area contributed by atoms with Crippen LogP contribution in [0.4, 0.5) is 10.5 Å². The minimum Gasteiger partial charge on any atom is -0.444 e.